The molecule has 1 aliphatic heterocycles. The number of benzene rings is 2. The molecule has 6 nitrogen and oxygen atoms in total. The summed E-state index contributed by atoms with van der Waals surface area (Å²) in [5, 5.41) is 9.92. The molecule has 9 heteroatoms. The van der Waals surface area contributed by atoms with Crippen LogP contribution in [0.5, 0.6) is 5.75 Å². The average molecular weight is 503 g/mol. The van der Waals surface area contributed by atoms with Gasteiger partial charge in [-0.15, -0.1) is 0 Å². The molecule has 0 saturated heterocycles. The molecule has 0 spiro atoms. The van der Waals surface area contributed by atoms with Crippen LogP contribution in [0.15, 0.2) is 53.5 Å². The number of amides is 1. The standard InChI is InChI=1S/C26H25ClF2N2O4/c1-26(2,34)25(33)31-10-8-20-16(4-3-5-17(20)14-31)13-30-11-9-22(23(27)24(30)32)35-15-18-6-7-19(28)12-21(18)29/h3-7,9,11-12,34H,8,10,13-15H2,1-2H3. The van der Waals surface area contributed by atoms with Gasteiger partial charge >= 0.3 is 0 Å². The van der Waals surface area contributed by atoms with Gasteiger partial charge in [-0.3, -0.25) is 9.59 Å². The fraction of sp³-hybridized carbons (Fsp3) is 0.308. The molecule has 1 aliphatic rings. The Bertz CT molecular complexity index is 1330. The van der Waals surface area contributed by atoms with Gasteiger partial charge < -0.3 is 19.3 Å². The number of halogens is 3. The number of carbonyl (C=O) groups is 1. The van der Waals surface area contributed by atoms with Gasteiger partial charge in [-0.2, -0.15) is 0 Å². The van der Waals surface area contributed by atoms with Crippen LogP contribution in [0.1, 0.15) is 36.1 Å². The number of pyridine rings is 1. The first-order chi connectivity index (χ1) is 16.5. The molecule has 184 valence electrons. The largest absolute Gasteiger partial charge is 0.487 e. The highest BCUT2D eigenvalue weighted by atomic mass is 35.5. The molecule has 0 bridgehead atoms. The van der Waals surface area contributed by atoms with Crippen molar-refractivity contribution < 1.29 is 23.4 Å². The van der Waals surface area contributed by atoms with Crippen molar-refractivity contribution in [1.29, 1.82) is 0 Å². The third-order valence-electron chi connectivity index (χ3n) is 5.98. The Kier molecular flexibility index (Phi) is 6.96. The molecular formula is C26H25ClF2N2O4. The number of ether oxygens (including phenoxy) is 1. The summed E-state index contributed by atoms with van der Waals surface area (Å²) in [6.07, 6.45) is 2.15. The Morgan fingerprint density at radius 2 is 1.94 bits per heavy atom. The molecule has 0 atom stereocenters. The summed E-state index contributed by atoms with van der Waals surface area (Å²) in [6, 6.07) is 10.4. The normalized spacial score (nSPS) is 13.5. The molecule has 2 heterocycles. The highest BCUT2D eigenvalue weighted by Crippen LogP contribution is 2.26. The van der Waals surface area contributed by atoms with Gasteiger partial charge in [0.05, 0.1) is 6.54 Å². The van der Waals surface area contributed by atoms with Crippen LogP contribution in [0.4, 0.5) is 8.78 Å². The SMILES string of the molecule is CC(C)(O)C(=O)N1CCc2c(cccc2Cn2ccc(OCc3ccc(F)cc3F)c(Cl)c2=O)C1. The van der Waals surface area contributed by atoms with Gasteiger partial charge in [0.25, 0.3) is 11.5 Å². The van der Waals surface area contributed by atoms with Crippen LogP contribution in [-0.4, -0.2) is 32.6 Å². The molecule has 0 radical (unpaired) electrons. The van der Waals surface area contributed by atoms with Crippen molar-refractivity contribution in [1.82, 2.24) is 9.47 Å². The lowest BCUT2D eigenvalue weighted by Crippen LogP contribution is -2.47. The first kappa shape index (κ1) is 24.9. The smallest absolute Gasteiger partial charge is 0.273 e. The zero-order chi connectivity index (χ0) is 25.3. The van der Waals surface area contributed by atoms with E-state index in [2.05, 4.69) is 0 Å². The van der Waals surface area contributed by atoms with Crippen LogP contribution in [0.2, 0.25) is 5.02 Å². The van der Waals surface area contributed by atoms with Crippen molar-refractivity contribution in [3.05, 3.63) is 97.9 Å². The Morgan fingerprint density at radius 1 is 1.17 bits per heavy atom. The van der Waals surface area contributed by atoms with Gasteiger partial charge in [-0.1, -0.05) is 29.8 Å². The second kappa shape index (κ2) is 9.79. The lowest BCUT2D eigenvalue weighted by atomic mass is 9.93. The lowest BCUT2D eigenvalue weighted by molar-refractivity contribution is -0.148. The van der Waals surface area contributed by atoms with E-state index in [0.29, 0.717) is 19.5 Å². The summed E-state index contributed by atoms with van der Waals surface area (Å²) in [5.41, 5.74) is 1.19. The summed E-state index contributed by atoms with van der Waals surface area (Å²) in [7, 11) is 0. The second-order valence-corrected chi connectivity index (χ2v) is 9.42. The molecule has 0 fully saturated rings. The van der Waals surface area contributed by atoms with Crippen molar-refractivity contribution in [2.75, 3.05) is 6.54 Å². The van der Waals surface area contributed by atoms with E-state index in [9.17, 15) is 23.5 Å². The van der Waals surface area contributed by atoms with E-state index in [1.165, 1.54) is 30.5 Å². The van der Waals surface area contributed by atoms with E-state index >= 15 is 0 Å². The Labute approximate surface area is 206 Å². The molecule has 0 unspecified atom stereocenters. The molecule has 3 aromatic rings. The lowest BCUT2D eigenvalue weighted by Gasteiger charge is -2.33. The molecule has 4 rings (SSSR count). The van der Waals surface area contributed by atoms with Crippen LogP contribution in [0.3, 0.4) is 0 Å². The van der Waals surface area contributed by atoms with Crippen molar-refractivity contribution in [3.63, 3.8) is 0 Å². The maximum absolute atomic E-state index is 13.9. The van der Waals surface area contributed by atoms with Crippen LogP contribution in [0, 0.1) is 11.6 Å². The van der Waals surface area contributed by atoms with Crippen LogP contribution in [-0.2, 0) is 30.9 Å². The minimum absolute atomic E-state index is 0.104. The zero-order valence-corrected chi connectivity index (χ0v) is 20.1. The van der Waals surface area contributed by atoms with Gasteiger partial charge in [0.2, 0.25) is 0 Å². The first-order valence-electron chi connectivity index (χ1n) is 11.1. The monoisotopic (exact) mass is 502 g/mol. The van der Waals surface area contributed by atoms with E-state index in [1.54, 1.807) is 11.1 Å². The molecule has 2 aromatic carbocycles. The highest BCUT2D eigenvalue weighted by molar-refractivity contribution is 6.31. The van der Waals surface area contributed by atoms with Crippen molar-refractivity contribution in [3.8, 4) is 5.75 Å². The van der Waals surface area contributed by atoms with Gasteiger partial charge in [0.15, 0.2) is 0 Å². The van der Waals surface area contributed by atoms with E-state index in [0.717, 1.165) is 28.8 Å². The number of aliphatic hydroxyl groups is 1. The van der Waals surface area contributed by atoms with E-state index in [4.69, 9.17) is 16.3 Å². The molecule has 1 amide bonds. The second-order valence-electron chi connectivity index (χ2n) is 9.04. The minimum atomic E-state index is -1.44. The topological polar surface area (TPSA) is 71.8 Å². The quantitative estimate of drug-likeness (QED) is 0.552. The molecule has 0 aliphatic carbocycles. The van der Waals surface area contributed by atoms with Gasteiger partial charge in [0.1, 0.15) is 34.6 Å². The minimum Gasteiger partial charge on any atom is -0.487 e. The number of hydrogen-bond donors (Lipinski definition) is 1. The zero-order valence-electron chi connectivity index (χ0n) is 19.4. The molecule has 0 saturated carbocycles. The average Bonchev–Trinajstić information content (AvgIpc) is 2.81. The number of carbonyl (C=O) groups excluding carboxylic acids is 1. The Hall–Kier alpha value is -3.23. The van der Waals surface area contributed by atoms with E-state index in [-0.39, 0.29) is 35.4 Å². The molecular weight excluding hydrogens is 478 g/mol. The van der Waals surface area contributed by atoms with Gasteiger partial charge in [0, 0.05) is 30.9 Å². The summed E-state index contributed by atoms with van der Waals surface area (Å²) < 4.78 is 33.9. The molecule has 1 N–H and O–H groups in total. The number of hydrogen-bond acceptors (Lipinski definition) is 4. The summed E-state index contributed by atoms with van der Waals surface area (Å²) in [4.78, 5) is 27.0. The van der Waals surface area contributed by atoms with Crippen LogP contribution >= 0.6 is 11.6 Å². The molecule has 35 heavy (non-hydrogen) atoms. The molecule has 1 aromatic heterocycles. The summed E-state index contributed by atoms with van der Waals surface area (Å²) >= 11 is 6.26. The number of rotatable bonds is 6. The van der Waals surface area contributed by atoms with E-state index < -0.39 is 22.8 Å². The van der Waals surface area contributed by atoms with Crippen LogP contribution < -0.4 is 10.3 Å². The fourth-order valence-electron chi connectivity index (χ4n) is 4.14. The fourth-order valence-corrected chi connectivity index (χ4v) is 4.37. The highest BCUT2D eigenvalue weighted by Gasteiger charge is 2.32. The third kappa shape index (κ3) is 5.39. The predicted molar refractivity (Wildman–Crippen MR) is 127 cm³/mol. The van der Waals surface area contributed by atoms with Crippen molar-refractivity contribution in [2.45, 2.75) is 45.6 Å². The Morgan fingerprint density at radius 3 is 2.66 bits per heavy atom. The predicted octanol–water partition coefficient (Wildman–Crippen LogP) is 4.06. The van der Waals surface area contributed by atoms with E-state index in [1.807, 2.05) is 18.2 Å². The number of aromatic nitrogens is 1. The van der Waals surface area contributed by atoms with Crippen LogP contribution in [0.25, 0.3) is 0 Å². The van der Waals surface area contributed by atoms with Crippen molar-refractivity contribution >= 4 is 17.5 Å². The maximum atomic E-state index is 13.9. The van der Waals surface area contributed by atoms with Crippen molar-refractivity contribution in [2.24, 2.45) is 0 Å². The van der Waals surface area contributed by atoms with Gasteiger partial charge in [-0.25, -0.2) is 8.78 Å². The summed E-state index contributed by atoms with van der Waals surface area (Å²) in [6.45, 7) is 3.86. The number of fused-ring (bicyclic) bond motifs is 1. The maximum Gasteiger partial charge on any atom is 0.273 e. The Balaban J connectivity index is 1.51. The first-order valence-corrected chi connectivity index (χ1v) is 11.5. The van der Waals surface area contributed by atoms with Gasteiger partial charge in [-0.05, 0) is 55.2 Å². The number of nitrogens with zero attached hydrogens (tertiary/aromatic N) is 2. The third-order valence-corrected chi connectivity index (χ3v) is 6.33. The summed E-state index contributed by atoms with van der Waals surface area (Å²) in [5.74, 6) is -1.65.